The maximum Gasteiger partial charge on any atom is 0.417 e. The van der Waals surface area contributed by atoms with Crippen molar-refractivity contribution in [3.63, 3.8) is 0 Å². The molecule has 4 N–H and O–H groups in total. The molecule has 0 aliphatic rings. The average molecular weight is 423 g/mol. The number of nitrogens with one attached hydrogen (secondary N) is 2. The highest BCUT2D eigenvalue weighted by molar-refractivity contribution is 6.33. The third-order valence-corrected chi connectivity index (χ3v) is 4.42. The van der Waals surface area contributed by atoms with E-state index in [9.17, 15) is 13.2 Å². The molecule has 152 valence electrons. The smallest absolute Gasteiger partial charge is 0.393 e. The molecule has 2 heterocycles. The van der Waals surface area contributed by atoms with E-state index in [1.54, 1.807) is 0 Å². The van der Waals surface area contributed by atoms with Crippen LogP contribution in [0.25, 0.3) is 0 Å². The molecule has 0 amide bonds. The van der Waals surface area contributed by atoms with Crippen LogP contribution in [0.5, 0.6) is 0 Å². The largest absolute Gasteiger partial charge is 0.417 e. The Kier molecular flexibility index (Phi) is 5.78. The summed E-state index contributed by atoms with van der Waals surface area (Å²) < 4.78 is 38.3. The monoisotopic (exact) mass is 422 g/mol. The highest BCUT2D eigenvalue weighted by Gasteiger charge is 2.31. The van der Waals surface area contributed by atoms with Gasteiger partial charge in [-0.25, -0.2) is 15.0 Å². The summed E-state index contributed by atoms with van der Waals surface area (Å²) in [5.41, 5.74) is 7.29. The van der Waals surface area contributed by atoms with Crippen molar-refractivity contribution in [2.45, 2.75) is 25.9 Å². The summed E-state index contributed by atoms with van der Waals surface area (Å²) in [7, 11) is 0. The van der Waals surface area contributed by atoms with Gasteiger partial charge in [0.1, 0.15) is 17.8 Å². The van der Waals surface area contributed by atoms with E-state index in [0.29, 0.717) is 17.9 Å². The first-order chi connectivity index (χ1) is 13.6. The molecule has 6 nitrogen and oxygen atoms in total. The predicted molar refractivity (Wildman–Crippen MR) is 108 cm³/mol. The van der Waals surface area contributed by atoms with Gasteiger partial charge < -0.3 is 16.4 Å². The van der Waals surface area contributed by atoms with Crippen LogP contribution in [0.2, 0.25) is 5.02 Å². The van der Waals surface area contributed by atoms with Crippen molar-refractivity contribution in [1.29, 1.82) is 0 Å². The zero-order valence-electron chi connectivity index (χ0n) is 15.5. The van der Waals surface area contributed by atoms with E-state index in [1.165, 1.54) is 11.9 Å². The van der Waals surface area contributed by atoms with Gasteiger partial charge in [0.15, 0.2) is 11.6 Å². The molecule has 3 aromatic rings. The second-order valence-corrected chi connectivity index (χ2v) is 6.97. The summed E-state index contributed by atoms with van der Waals surface area (Å²) in [6, 6.07) is 8.57. The second-order valence-electron chi connectivity index (χ2n) is 6.56. The number of nitrogen functional groups attached to an aromatic ring is 1. The second kappa shape index (κ2) is 8.12. The van der Waals surface area contributed by atoms with Gasteiger partial charge in [0.05, 0.1) is 10.6 Å². The molecule has 2 aromatic heterocycles. The fraction of sp³-hybridized carbons (Fsp3) is 0.211. The summed E-state index contributed by atoms with van der Waals surface area (Å²) in [6.45, 7) is 4.20. The van der Waals surface area contributed by atoms with Gasteiger partial charge in [-0.15, -0.1) is 0 Å². The van der Waals surface area contributed by atoms with Crippen molar-refractivity contribution in [1.82, 2.24) is 15.0 Å². The number of anilines is 5. The molecule has 0 aliphatic heterocycles. The third-order valence-electron chi connectivity index (χ3n) is 4.13. The average Bonchev–Trinajstić information content (AvgIpc) is 2.66. The molecular formula is C19H18ClF3N6. The molecule has 0 atom stereocenters. The maximum atomic E-state index is 12.8. The van der Waals surface area contributed by atoms with Crippen LogP contribution in [-0.2, 0) is 6.18 Å². The number of nitrogens with zero attached hydrogens (tertiary/aromatic N) is 3. The molecule has 0 fully saturated rings. The van der Waals surface area contributed by atoms with Crippen LogP contribution >= 0.6 is 11.6 Å². The standard InChI is InChI=1S/C19H18ClF3N6/c1-10(2)11-3-5-13(6-4-11)28-17-15(24)18(27-9-26-17)29-16-14(20)7-12(8-25-16)19(21,22)23/h3-10H,24H2,1-2H3,(H2,25,26,27,28,29). The quantitative estimate of drug-likeness (QED) is 0.486. The minimum Gasteiger partial charge on any atom is -0.393 e. The van der Waals surface area contributed by atoms with E-state index in [1.807, 2.05) is 24.3 Å². The number of alkyl halides is 3. The molecule has 0 bridgehead atoms. The summed E-state index contributed by atoms with van der Waals surface area (Å²) in [6.07, 6.45) is -2.59. The number of hydrogen-bond acceptors (Lipinski definition) is 6. The van der Waals surface area contributed by atoms with Crippen LogP contribution in [0.15, 0.2) is 42.9 Å². The summed E-state index contributed by atoms with van der Waals surface area (Å²) in [4.78, 5) is 11.9. The molecule has 29 heavy (non-hydrogen) atoms. The molecule has 0 aliphatic carbocycles. The van der Waals surface area contributed by atoms with Gasteiger partial charge in [-0.05, 0) is 29.7 Å². The van der Waals surface area contributed by atoms with Crippen molar-refractivity contribution in [3.8, 4) is 0 Å². The number of pyridine rings is 1. The maximum absolute atomic E-state index is 12.8. The van der Waals surface area contributed by atoms with E-state index >= 15 is 0 Å². The van der Waals surface area contributed by atoms with Crippen molar-refractivity contribution in [2.75, 3.05) is 16.4 Å². The topological polar surface area (TPSA) is 88.8 Å². The first kappa shape index (κ1) is 20.7. The number of rotatable bonds is 5. The van der Waals surface area contributed by atoms with E-state index in [0.717, 1.165) is 11.8 Å². The minimum absolute atomic E-state index is 0.00250. The summed E-state index contributed by atoms with van der Waals surface area (Å²) >= 11 is 5.92. The molecule has 0 radical (unpaired) electrons. The zero-order valence-corrected chi connectivity index (χ0v) is 16.3. The van der Waals surface area contributed by atoms with Crippen LogP contribution in [0.4, 0.5) is 42.0 Å². The Morgan fingerprint density at radius 3 is 2.14 bits per heavy atom. The normalized spacial score (nSPS) is 11.6. The van der Waals surface area contributed by atoms with E-state index in [2.05, 4.69) is 39.4 Å². The Balaban J connectivity index is 1.82. The fourth-order valence-corrected chi connectivity index (χ4v) is 2.69. The number of halogens is 4. The molecule has 10 heteroatoms. The van der Waals surface area contributed by atoms with Crippen molar-refractivity contribution in [3.05, 3.63) is 59.0 Å². The van der Waals surface area contributed by atoms with Crippen molar-refractivity contribution in [2.24, 2.45) is 0 Å². The van der Waals surface area contributed by atoms with Gasteiger partial charge >= 0.3 is 6.18 Å². The fourth-order valence-electron chi connectivity index (χ4n) is 2.48. The van der Waals surface area contributed by atoms with Gasteiger partial charge in [0.2, 0.25) is 0 Å². The van der Waals surface area contributed by atoms with Crippen LogP contribution in [0, 0.1) is 0 Å². The van der Waals surface area contributed by atoms with Gasteiger partial charge in [-0.2, -0.15) is 13.2 Å². The van der Waals surface area contributed by atoms with Crippen molar-refractivity contribution >= 4 is 40.4 Å². The Bertz CT molecular complexity index is 1010. The zero-order chi connectivity index (χ0) is 21.2. The van der Waals surface area contributed by atoms with Gasteiger partial charge in [0, 0.05) is 11.9 Å². The summed E-state index contributed by atoms with van der Waals surface area (Å²) in [5.74, 6) is 0.903. The highest BCUT2D eigenvalue weighted by Crippen LogP contribution is 2.34. The molecule has 1 aromatic carbocycles. The number of benzene rings is 1. The van der Waals surface area contributed by atoms with Crippen LogP contribution in [0.3, 0.4) is 0 Å². The van der Waals surface area contributed by atoms with E-state index in [4.69, 9.17) is 17.3 Å². The molecule has 0 unspecified atom stereocenters. The van der Waals surface area contributed by atoms with E-state index in [-0.39, 0.29) is 22.3 Å². The first-order valence-corrected chi connectivity index (χ1v) is 9.00. The molecular weight excluding hydrogens is 405 g/mol. The number of aromatic nitrogens is 3. The first-order valence-electron chi connectivity index (χ1n) is 8.62. The van der Waals surface area contributed by atoms with Crippen LogP contribution in [0.1, 0.15) is 30.9 Å². The molecule has 0 saturated heterocycles. The molecule has 0 spiro atoms. The molecule has 0 saturated carbocycles. The van der Waals surface area contributed by atoms with Gasteiger partial charge in [0.25, 0.3) is 0 Å². The SMILES string of the molecule is CC(C)c1ccc(Nc2ncnc(Nc3ncc(C(F)(F)F)cc3Cl)c2N)cc1. The minimum atomic E-state index is -4.54. The Morgan fingerprint density at radius 2 is 1.59 bits per heavy atom. The molecule has 3 rings (SSSR count). The van der Waals surface area contributed by atoms with E-state index < -0.39 is 11.7 Å². The lowest BCUT2D eigenvalue weighted by Crippen LogP contribution is -2.08. The highest BCUT2D eigenvalue weighted by atomic mass is 35.5. The van der Waals surface area contributed by atoms with Gasteiger partial charge in [-0.3, -0.25) is 0 Å². The number of hydrogen-bond donors (Lipinski definition) is 3. The van der Waals surface area contributed by atoms with Crippen LogP contribution in [-0.4, -0.2) is 15.0 Å². The lowest BCUT2D eigenvalue weighted by atomic mass is 10.0. The lowest BCUT2D eigenvalue weighted by Gasteiger charge is -2.14. The predicted octanol–water partition coefficient (Wildman–Crippen LogP) is 5.74. The van der Waals surface area contributed by atoms with Crippen molar-refractivity contribution < 1.29 is 13.2 Å². The lowest BCUT2D eigenvalue weighted by molar-refractivity contribution is -0.137. The third kappa shape index (κ3) is 4.86. The van der Waals surface area contributed by atoms with Crippen LogP contribution < -0.4 is 16.4 Å². The Labute approximate surface area is 170 Å². The van der Waals surface area contributed by atoms with Gasteiger partial charge in [-0.1, -0.05) is 37.6 Å². The summed E-state index contributed by atoms with van der Waals surface area (Å²) in [5, 5.41) is 5.62. The Hall–Kier alpha value is -3.07. The number of nitrogens with two attached hydrogens (primary N) is 1. The Morgan fingerprint density at radius 1 is 0.966 bits per heavy atom.